The smallest absolute Gasteiger partial charge is 0.195 e. The van der Waals surface area contributed by atoms with Gasteiger partial charge in [-0.25, -0.2) is 10.5 Å². The number of benzene rings is 2. The highest BCUT2D eigenvalue weighted by atomic mass is 32.2. The lowest BCUT2D eigenvalue weighted by atomic mass is 10.1. The predicted octanol–water partition coefficient (Wildman–Crippen LogP) is 4.25. The van der Waals surface area contributed by atoms with Crippen molar-refractivity contribution in [3.63, 3.8) is 0 Å². The highest BCUT2D eigenvalue weighted by Gasteiger charge is 2.06. The number of nitrogens with one attached hydrogen (secondary N) is 1. The van der Waals surface area contributed by atoms with Gasteiger partial charge in [0.25, 0.3) is 0 Å². The molecule has 1 heterocycles. The fourth-order valence-electron chi connectivity index (χ4n) is 2.23. The number of rotatable bonds is 5. The lowest BCUT2D eigenvalue weighted by Crippen LogP contribution is -2.01. The molecule has 0 aliphatic rings. The van der Waals surface area contributed by atoms with Crippen LogP contribution in [0.2, 0.25) is 0 Å². The van der Waals surface area contributed by atoms with Crippen molar-refractivity contribution in [1.29, 1.82) is 0 Å². The quantitative estimate of drug-likeness (QED) is 0.276. The van der Waals surface area contributed by atoms with E-state index < -0.39 is 0 Å². The van der Waals surface area contributed by atoms with Crippen molar-refractivity contribution < 1.29 is 19.5 Å². The van der Waals surface area contributed by atoms with E-state index in [1.807, 2.05) is 31.2 Å². The number of hydrogen-bond acceptors (Lipinski definition) is 7. The van der Waals surface area contributed by atoms with Crippen molar-refractivity contribution >= 4 is 28.6 Å². The van der Waals surface area contributed by atoms with Crippen LogP contribution in [0.4, 0.5) is 5.82 Å². The number of nitrogens with zero attached hydrogens (tertiary/aromatic N) is 1. The molecule has 1 aromatic heterocycles. The summed E-state index contributed by atoms with van der Waals surface area (Å²) in [4.78, 5) is 9.75. The molecule has 3 aromatic rings. The Hall–Kier alpha value is -2.48. The first-order valence-electron chi connectivity index (χ1n) is 7.20. The second kappa shape index (κ2) is 6.96. The van der Waals surface area contributed by atoms with E-state index in [0.29, 0.717) is 0 Å². The monoisotopic (exact) mass is 344 g/mol. The summed E-state index contributed by atoms with van der Waals surface area (Å²) in [6.07, 6.45) is 0. The van der Waals surface area contributed by atoms with Gasteiger partial charge in [-0.3, -0.25) is 0 Å². The highest BCUT2D eigenvalue weighted by Crippen LogP contribution is 2.30. The molecule has 3 N–H and O–H groups in total. The Bertz CT molecular complexity index is 886. The average Bonchev–Trinajstić information content (AvgIpc) is 2.58. The van der Waals surface area contributed by atoms with E-state index in [-0.39, 0.29) is 17.3 Å². The molecule has 0 amide bonds. The first-order chi connectivity index (χ1) is 11.5. The molecule has 2 aromatic carbocycles. The zero-order valence-corrected chi connectivity index (χ0v) is 13.9. The SMILES string of the molecule is Cc1ccc(O)c(NOOSc2ccc3ccc(O)c(C)c3c2)n1. The molecule has 3 rings (SSSR count). The molecular weight excluding hydrogens is 328 g/mol. The number of hydrogen-bond donors (Lipinski definition) is 3. The third-order valence-corrected chi connectivity index (χ3v) is 4.13. The van der Waals surface area contributed by atoms with Gasteiger partial charge < -0.3 is 10.2 Å². The van der Waals surface area contributed by atoms with Gasteiger partial charge in [0.1, 0.15) is 5.75 Å². The van der Waals surface area contributed by atoms with Gasteiger partial charge in [-0.05, 0) is 60.5 Å². The Morgan fingerprint density at radius 2 is 1.75 bits per heavy atom. The minimum absolute atomic E-state index is 0.0361. The summed E-state index contributed by atoms with van der Waals surface area (Å²) >= 11 is 1.00. The average molecular weight is 344 g/mol. The fraction of sp³-hybridized carbons (Fsp3) is 0.118. The summed E-state index contributed by atoms with van der Waals surface area (Å²) in [5.41, 5.74) is 3.98. The molecule has 0 spiro atoms. The largest absolute Gasteiger partial charge is 0.508 e. The van der Waals surface area contributed by atoms with Gasteiger partial charge in [0.15, 0.2) is 11.6 Å². The van der Waals surface area contributed by atoms with E-state index in [9.17, 15) is 10.2 Å². The molecule has 0 aliphatic carbocycles. The van der Waals surface area contributed by atoms with Crippen LogP contribution in [0, 0.1) is 13.8 Å². The van der Waals surface area contributed by atoms with E-state index in [1.54, 1.807) is 19.1 Å². The summed E-state index contributed by atoms with van der Waals surface area (Å²) in [5.74, 6) is 0.394. The van der Waals surface area contributed by atoms with Crippen LogP contribution in [0.25, 0.3) is 10.8 Å². The van der Waals surface area contributed by atoms with E-state index in [1.165, 1.54) is 6.07 Å². The minimum Gasteiger partial charge on any atom is -0.508 e. The summed E-state index contributed by atoms with van der Waals surface area (Å²) in [6.45, 7) is 3.66. The zero-order valence-electron chi connectivity index (χ0n) is 13.1. The van der Waals surface area contributed by atoms with Gasteiger partial charge in [-0.1, -0.05) is 17.1 Å². The molecule has 0 bridgehead atoms. The maximum Gasteiger partial charge on any atom is 0.195 e. The number of anilines is 1. The van der Waals surface area contributed by atoms with Crippen molar-refractivity contribution in [2.24, 2.45) is 0 Å². The normalized spacial score (nSPS) is 10.9. The van der Waals surface area contributed by atoms with Gasteiger partial charge in [0, 0.05) is 10.6 Å². The Morgan fingerprint density at radius 3 is 2.58 bits per heavy atom. The maximum atomic E-state index is 9.79. The van der Waals surface area contributed by atoms with Crippen molar-refractivity contribution in [1.82, 2.24) is 4.98 Å². The molecule has 0 saturated heterocycles. The van der Waals surface area contributed by atoms with Gasteiger partial charge in [-0.15, -0.1) is 4.33 Å². The summed E-state index contributed by atoms with van der Waals surface area (Å²) in [5, 5.41) is 21.4. The topological polar surface area (TPSA) is 83.8 Å². The van der Waals surface area contributed by atoms with E-state index in [0.717, 1.165) is 39.0 Å². The highest BCUT2D eigenvalue weighted by molar-refractivity contribution is 7.94. The van der Waals surface area contributed by atoms with Crippen LogP contribution in [-0.4, -0.2) is 15.2 Å². The van der Waals surface area contributed by atoms with Crippen LogP contribution in [0.5, 0.6) is 11.5 Å². The van der Waals surface area contributed by atoms with E-state index in [2.05, 4.69) is 10.5 Å². The number of aromatic hydroxyl groups is 2. The number of pyridine rings is 1. The summed E-state index contributed by atoms with van der Waals surface area (Å²) < 4.78 is 5.03. The molecule has 0 atom stereocenters. The Balaban J connectivity index is 1.63. The molecule has 124 valence electrons. The van der Waals surface area contributed by atoms with E-state index in [4.69, 9.17) is 9.32 Å². The molecular formula is C17H16N2O4S. The molecule has 0 aliphatic heterocycles. The lowest BCUT2D eigenvalue weighted by Gasteiger charge is -2.08. The van der Waals surface area contributed by atoms with Gasteiger partial charge in [0.2, 0.25) is 0 Å². The predicted molar refractivity (Wildman–Crippen MR) is 92.6 cm³/mol. The molecule has 0 saturated carbocycles. The molecule has 7 heteroatoms. The van der Waals surface area contributed by atoms with Crippen molar-refractivity contribution in [2.45, 2.75) is 18.7 Å². The number of phenolic OH excluding ortho intramolecular Hbond substituents is 1. The Morgan fingerprint density at radius 1 is 1.00 bits per heavy atom. The maximum absolute atomic E-state index is 9.79. The standard InChI is InChI=1S/C17H16N2O4S/c1-10-3-7-16(21)17(18-10)19-22-23-24-13-6-4-12-5-8-15(20)11(2)14(12)9-13/h3-9,20-21H,1-2H3,(H,18,19). The van der Waals surface area contributed by atoms with Crippen LogP contribution >= 0.6 is 12.0 Å². The van der Waals surface area contributed by atoms with Crippen LogP contribution in [0.15, 0.2) is 47.4 Å². The van der Waals surface area contributed by atoms with Crippen LogP contribution < -0.4 is 5.48 Å². The van der Waals surface area contributed by atoms with Crippen molar-refractivity contribution in [2.75, 3.05) is 5.48 Å². The van der Waals surface area contributed by atoms with Gasteiger partial charge in [-0.2, -0.15) is 0 Å². The minimum atomic E-state index is -0.0361. The number of phenols is 1. The third-order valence-electron chi connectivity index (χ3n) is 3.55. The van der Waals surface area contributed by atoms with Gasteiger partial charge >= 0.3 is 0 Å². The molecule has 6 nitrogen and oxygen atoms in total. The van der Waals surface area contributed by atoms with Crippen LogP contribution in [0.3, 0.4) is 0 Å². The molecule has 0 unspecified atom stereocenters. The summed E-state index contributed by atoms with van der Waals surface area (Å²) in [7, 11) is 0. The first kappa shape index (κ1) is 16.4. The van der Waals surface area contributed by atoms with Crippen molar-refractivity contribution in [3.8, 4) is 11.5 Å². The third kappa shape index (κ3) is 3.53. The lowest BCUT2D eigenvalue weighted by molar-refractivity contribution is -0.161. The second-order valence-electron chi connectivity index (χ2n) is 5.25. The fourth-order valence-corrected chi connectivity index (χ4v) is 2.66. The molecule has 0 radical (unpaired) electrons. The Kier molecular flexibility index (Phi) is 4.75. The van der Waals surface area contributed by atoms with Crippen molar-refractivity contribution in [3.05, 3.63) is 53.7 Å². The van der Waals surface area contributed by atoms with Crippen LogP contribution in [0.1, 0.15) is 11.3 Å². The van der Waals surface area contributed by atoms with Gasteiger partial charge in [0.05, 0.1) is 12.0 Å². The number of aromatic nitrogens is 1. The Labute approximate surface area is 143 Å². The number of fused-ring (bicyclic) bond motifs is 1. The summed E-state index contributed by atoms with van der Waals surface area (Å²) in [6, 6.07) is 12.5. The van der Waals surface area contributed by atoms with Crippen LogP contribution in [-0.2, 0) is 9.32 Å². The first-order valence-corrected chi connectivity index (χ1v) is 7.94. The molecule has 24 heavy (non-hydrogen) atoms. The second-order valence-corrected chi connectivity index (χ2v) is 6.02. The molecule has 0 fully saturated rings. The number of aryl methyl sites for hydroxylation is 2. The zero-order chi connectivity index (χ0) is 17.1. The van der Waals surface area contributed by atoms with E-state index >= 15 is 0 Å².